The lowest BCUT2D eigenvalue weighted by Crippen LogP contribution is -2.52. The lowest BCUT2D eigenvalue weighted by atomic mass is 10.0. The van der Waals surface area contributed by atoms with Crippen LogP contribution in [-0.2, 0) is 22.6 Å². The summed E-state index contributed by atoms with van der Waals surface area (Å²) in [5.74, 6) is -0.855. The molecule has 2 aromatic rings. The zero-order valence-corrected chi connectivity index (χ0v) is 16.6. The number of hydrogen-bond acceptors (Lipinski definition) is 6. The minimum atomic E-state index is -0.605. The number of benzene rings is 1. The molecule has 0 spiro atoms. The van der Waals surface area contributed by atoms with Crippen LogP contribution >= 0.6 is 0 Å². The third-order valence-corrected chi connectivity index (χ3v) is 6.18. The normalized spacial score (nSPS) is 24.1. The lowest BCUT2D eigenvalue weighted by Gasteiger charge is -2.29. The fourth-order valence-electron chi connectivity index (χ4n) is 4.57. The topological polar surface area (TPSA) is 109 Å². The summed E-state index contributed by atoms with van der Waals surface area (Å²) >= 11 is 0. The Morgan fingerprint density at radius 1 is 1.13 bits per heavy atom. The Bertz CT molecular complexity index is 1010. The molecule has 9 heteroatoms. The van der Waals surface area contributed by atoms with Crippen molar-refractivity contribution < 1.29 is 14.4 Å². The molecule has 0 aliphatic carbocycles. The Morgan fingerprint density at radius 2 is 2.03 bits per heavy atom. The van der Waals surface area contributed by atoms with Crippen molar-refractivity contribution in [1.82, 2.24) is 30.5 Å². The second-order valence-corrected chi connectivity index (χ2v) is 8.25. The van der Waals surface area contributed by atoms with E-state index in [9.17, 15) is 14.4 Å². The number of hydrogen-bond donors (Lipinski definition) is 2. The lowest BCUT2D eigenvalue weighted by molar-refractivity contribution is -0.136. The molecule has 3 aliphatic rings. The molecule has 0 saturated carbocycles. The van der Waals surface area contributed by atoms with Crippen LogP contribution in [-0.4, -0.2) is 56.2 Å². The minimum Gasteiger partial charge on any atom is -0.322 e. The van der Waals surface area contributed by atoms with Crippen LogP contribution in [0.3, 0.4) is 0 Å². The molecule has 4 heterocycles. The number of nitrogens with one attached hydrogen (secondary N) is 2. The molecule has 2 N–H and O–H groups in total. The highest BCUT2D eigenvalue weighted by Crippen LogP contribution is 2.29. The molecule has 5 rings (SSSR count). The van der Waals surface area contributed by atoms with Crippen molar-refractivity contribution in [1.29, 1.82) is 0 Å². The van der Waals surface area contributed by atoms with Gasteiger partial charge in [-0.15, -0.1) is 5.10 Å². The molecular weight excluding hydrogens is 384 g/mol. The monoisotopic (exact) mass is 408 g/mol. The molecule has 9 nitrogen and oxygen atoms in total. The van der Waals surface area contributed by atoms with E-state index < -0.39 is 11.9 Å². The van der Waals surface area contributed by atoms with Gasteiger partial charge >= 0.3 is 0 Å². The fourth-order valence-corrected chi connectivity index (χ4v) is 4.57. The summed E-state index contributed by atoms with van der Waals surface area (Å²) < 4.78 is 1.73. The van der Waals surface area contributed by atoms with Crippen molar-refractivity contribution in [3.63, 3.8) is 0 Å². The predicted octanol–water partition coefficient (Wildman–Crippen LogP) is 0.713. The molecule has 2 saturated heterocycles. The maximum Gasteiger partial charge on any atom is 0.255 e. The van der Waals surface area contributed by atoms with E-state index in [1.54, 1.807) is 15.6 Å². The summed E-state index contributed by atoms with van der Waals surface area (Å²) in [6, 6.07) is 5.40. The first-order valence-electron chi connectivity index (χ1n) is 10.5. The Balaban J connectivity index is 1.32. The van der Waals surface area contributed by atoms with Gasteiger partial charge in [-0.25, -0.2) is 4.68 Å². The van der Waals surface area contributed by atoms with Crippen molar-refractivity contribution in [2.24, 2.45) is 0 Å². The Labute approximate surface area is 173 Å². The Hall–Kier alpha value is -3.07. The number of imide groups is 1. The molecule has 2 atom stereocenters. The van der Waals surface area contributed by atoms with Crippen LogP contribution in [0, 0.1) is 0 Å². The molecule has 0 radical (unpaired) electrons. The van der Waals surface area contributed by atoms with Crippen molar-refractivity contribution in [2.45, 2.75) is 57.2 Å². The number of nitrogens with zero attached hydrogens (tertiary/aromatic N) is 4. The van der Waals surface area contributed by atoms with Gasteiger partial charge in [0.2, 0.25) is 11.8 Å². The van der Waals surface area contributed by atoms with E-state index in [2.05, 4.69) is 20.9 Å². The molecule has 2 unspecified atom stereocenters. The maximum absolute atomic E-state index is 12.8. The molecule has 3 amide bonds. The van der Waals surface area contributed by atoms with Gasteiger partial charge in [0.1, 0.15) is 6.04 Å². The fraction of sp³-hybridized carbons (Fsp3) is 0.476. The average Bonchev–Trinajstić information content (AvgIpc) is 3.33. The quantitative estimate of drug-likeness (QED) is 0.722. The van der Waals surface area contributed by atoms with Crippen LogP contribution in [0.15, 0.2) is 24.4 Å². The van der Waals surface area contributed by atoms with E-state index in [0.717, 1.165) is 36.3 Å². The summed E-state index contributed by atoms with van der Waals surface area (Å²) in [5.41, 5.74) is 3.22. The Morgan fingerprint density at radius 3 is 2.83 bits per heavy atom. The van der Waals surface area contributed by atoms with Crippen LogP contribution in [0.4, 0.5) is 0 Å². The van der Waals surface area contributed by atoms with E-state index in [1.165, 1.54) is 12.8 Å². The molecule has 1 aromatic heterocycles. The Kier molecular flexibility index (Phi) is 4.82. The second kappa shape index (κ2) is 7.64. The van der Waals surface area contributed by atoms with Crippen molar-refractivity contribution in [2.75, 3.05) is 6.54 Å². The highest BCUT2D eigenvalue weighted by molar-refractivity contribution is 6.05. The van der Waals surface area contributed by atoms with Gasteiger partial charge in [0.15, 0.2) is 0 Å². The van der Waals surface area contributed by atoms with Crippen LogP contribution in [0.25, 0.3) is 5.69 Å². The van der Waals surface area contributed by atoms with Crippen molar-refractivity contribution in [3.05, 3.63) is 41.2 Å². The maximum atomic E-state index is 12.8. The zero-order valence-electron chi connectivity index (χ0n) is 16.6. The standard InChI is InChI=1S/C21H24N6O3/c28-19-7-6-18(20(29)23-19)26-11-13-9-16(4-5-17(13)21(26)30)27-12-15(24-25-27)10-14-3-1-2-8-22-14/h4-5,9,12,14,18,22H,1-3,6-8,10-11H2,(H,23,28,29). The zero-order chi connectivity index (χ0) is 20.7. The molecule has 156 valence electrons. The molecule has 30 heavy (non-hydrogen) atoms. The van der Waals surface area contributed by atoms with Crippen LogP contribution in [0.2, 0.25) is 0 Å². The summed E-state index contributed by atoms with van der Waals surface area (Å²) in [6.07, 6.45) is 7.03. The first kappa shape index (κ1) is 18.9. The van der Waals surface area contributed by atoms with Gasteiger partial charge < -0.3 is 10.2 Å². The van der Waals surface area contributed by atoms with Gasteiger partial charge in [0.05, 0.1) is 17.6 Å². The van der Waals surface area contributed by atoms with E-state index in [4.69, 9.17) is 0 Å². The summed E-state index contributed by atoms with van der Waals surface area (Å²) in [4.78, 5) is 38.0. The summed E-state index contributed by atoms with van der Waals surface area (Å²) in [7, 11) is 0. The molecular formula is C21H24N6O3. The number of amides is 3. The SMILES string of the molecule is O=C1CCC(N2Cc3cc(-n4cc(CC5CCCCN5)nn4)ccc3C2=O)C(=O)N1. The molecule has 0 bridgehead atoms. The van der Waals surface area contributed by atoms with Gasteiger partial charge in [0, 0.05) is 31.0 Å². The number of rotatable bonds is 4. The van der Waals surface area contributed by atoms with E-state index in [0.29, 0.717) is 24.6 Å². The number of aromatic nitrogens is 3. The van der Waals surface area contributed by atoms with Crippen molar-refractivity contribution in [3.8, 4) is 5.69 Å². The van der Waals surface area contributed by atoms with E-state index in [-0.39, 0.29) is 18.2 Å². The van der Waals surface area contributed by atoms with Gasteiger partial charge in [-0.2, -0.15) is 0 Å². The van der Waals surface area contributed by atoms with Crippen LogP contribution in [0.5, 0.6) is 0 Å². The molecule has 2 fully saturated rings. The number of carbonyl (C=O) groups excluding carboxylic acids is 3. The van der Waals surface area contributed by atoms with Crippen LogP contribution in [0.1, 0.15) is 53.7 Å². The third kappa shape index (κ3) is 3.49. The van der Waals surface area contributed by atoms with Crippen molar-refractivity contribution >= 4 is 17.7 Å². The first-order valence-corrected chi connectivity index (χ1v) is 10.5. The third-order valence-electron chi connectivity index (χ3n) is 6.18. The van der Waals surface area contributed by atoms with E-state index >= 15 is 0 Å². The second-order valence-electron chi connectivity index (χ2n) is 8.25. The predicted molar refractivity (Wildman–Crippen MR) is 107 cm³/mol. The highest BCUT2D eigenvalue weighted by Gasteiger charge is 2.39. The van der Waals surface area contributed by atoms with E-state index in [1.807, 2.05) is 18.3 Å². The number of piperidine rings is 2. The average molecular weight is 408 g/mol. The van der Waals surface area contributed by atoms with Gasteiger partial charge in [0.25, 0.3) is 5.91 Å². The molecule has 1 aromatic carbocycles. The number of carbonyl (C=O) groups is 3. The smallest absolute Gasteiger partial charge is 0.255 e. The minimum absolute atomic E-state index is 0.172. The largest absolute Gasteiger partial charge is 0.322 e. The first-order chi connectivity index (χ1) is 14.6. The molecule has 3 aliphatic heterocycles. The number of fused-ring (bicyclic) bond motifs is 1. The van der Waals surface area contributed by atoms with Gasteiger partial charge in [-0.05, 0) is 49.6 Å². The highest BCUT2D eigenvalue weighted by atomic mass is 16.2. The summed E-state index contributed by atoms with van der Waals surface area (Å²) in [5, 5.41) is 14.4. The van der Waals surface area contributed by atoms with Gasteiger partial charge in [-0.3, -0.25) is 19.7 Å². The van der Waals surface area contributed by atoms with Crippen LogP contribution < -0.4 is 10.6 Å². The van der Waals surface area contributed by atoms with Gasteiger partial charge in [-0.1, -0.05) is 11.6 Å². The summed E-state index contributed by atoms with van der Waals surface area (Å²) in [6.45, 7) is 1.41.